The van der Waals surface area contributed by atoms with E-state index >= 15 is 0 Å². The minimum atomic E-state index is 0.919. The molecule has 1 atom stereocenters. The molecule has 0 aromatic carbocycles. The molecule has 0 bridgehead atoms. The molecule has 1 unspecified atom stereocenters. The molecule has 0 radical (unpaired) electrons. The van der Waals surface area contributed by atoms with Crippen molar-refractivity contribution in [1.82, 2.24) is 0 Å². The summed E-state index contributed by atoms with van der Waals surface area (Å²) in [6, 6.07) is 0. The summed E-state index contributed by atoms with van der Waals surface area (Å²) >= 11 is 0. The van der Waals surface area contributed by atoms with Gasteiger partial charge in [-0.2, -0.15) is 0 Å². The van der Waals surface area contributed by atoms with Gasteiger partial charge in [-0.3, -0.25) is 0 Å². The Hall–Kier alpha value is -0.260. The van der Waals surface area contributed by atoms with E-state index in [-0.39, 0.29) is 0 Å². The molecule has 0 aromatic heterocycles. The molecule has 0 amide bonds. The van der Waals surface area contributed by atoms with Crippen LogP contribution in [0.2, 0.25) is 0 Å². The second-order valence-electron chi connectivity index (χ2n) is 4.81. The van der Waals surface area contributed by atoms with Crippen LogP contribution in [0.4, 0.5) is 0 Å². The lowest BCUT2D eigenvalue weighted by Gasteiger charge is -2.09. The number of hydrogen-bond donors (Lipinski definition) is 0. The lowest BCUT2D eigenvalue weighted by atomic mass is 9.97. The molecule has 0 aliphatic heterocycles. The van der Waals surface area contributed by atoms with Crippen LogP contribution in [-0.2, 0) is 0 Å². The van der Waals surface area contributed by atoms with E-state index in [0.717, 1.165) is 5.92 Å². The minimum Gasteiger partial charge on any atom is -0.0859 e. The van der Waals surface area contributed by atoms with E-state index in [9.17, 15) is 0 Å². The van der Waals surface area contributed by atoms with Gasteiger partial charge in [-0.1, -0.05) is 57.6 Å². The molecule has 0 saturated heterocycles. The van der Waals surface area contributed by atoms with Gasteiger partial charge >= 0.3 is 0 Å². The number of hydrogen-bond acceptors (Lipinski definition) is 0. The molecule has 0 aliphatic rings. The van der Waals surface area contributed by atoms with Crippen LogP contribution in [0, 0.1) is 5.92 Å². The van der Waals surface area contributed by atoms with Gasteiger partial charge in [0.15, 0.2) is 0 Å². The highest BCUT2D eigenvalue weighted by atomic mass is 14.1. The first-order valence-electron chi connectivity index (χ1n) is 6.30. The maximum atomic E-state index is 2.39. The average molecular weight is 196 g/mol. The second-order valence-corrected chi connectivity index (χ2v) is 4.81. The Bertz CT molecular complexity index is 140. The summed E-state index contributed by atoms with van der Waals surface area (Å²) in [5, 5.41) is 0. The van der Waals surface area contributed by atoms with Gasteiger partial charge in [0.25, 0.3) is 0 Å². The van der Waals surface area contributed by atoms with Crippen molar-refractivity contribution >= 4 is 0 Å². The molecule has 84 valence electrons. The summed E-state index contributed by atoms with van der Waals surface area (Å²) in [7, 11) is 0. The molecule has 0 heteroatoms. The maximum absolute atomic E-state index is 2.39. The number of rotatable bonds is 8. The van der Waals surface area contributed by atoms with Gasteiger partial charge in [-0.05, 0) is 32.6 Å². The van der Waals surface area contributed by atoms with Crippen molar-refractivity contribution < 1.29 is 0 Å². The summed E-state index contributed by atoms with van der Waals surface area (Å²) in [5.41, 5.74) is 1.46. The average Bonchev–Trinajstić information content (AvgIpc) is 2.12. The fourth-order valence-corrected chi connectivity index (χ4v) is 1.72. The van der Waals surface area contributed by atoms with Crippen molar-refractivity contribution in [2.75, 3.05) is 0 Å². The molecule has 0 N–H and O–H groups in total. The van der Waals surface area contributed by atoms with E-state index in [1.165, 1.54) is 50.5 Å². The highest BCUT2D eigenvalue weighted by Gasteiger charge is 2.00. The van der Waals surface area contributed by atoms with E-state index in [2.05, 4.69) is 33.8 Å². The maximum Gasteiger partial charge on any atom is -0.0346 e. The van der Waals surface area contributed by atoms with Crippen LogP contribution in [0.25, 0.3) is 0 Å². The molecule has 0 rings (SSSR count). The summed E-state index contributed by atoms with van der Waals surface area (Å²) in [5.74, 6) is 0.919. The minimum absolute atomic E-state index is 0.919. The van der Waals surface area contributed by atoms with Crippen LogP contribution in [0.3, 0.4) is 0 Å². The molecule has 0 saturated carbocycles. The fraction of sp³-hybridized carbons (Fsp3) is 0.857. The third-order valence-electron chi connectivity index (χ3n) is 2.76. The molecular weight excluding hydrogens is 168 g/mol. The van der Waals surface area contributed by atoms with Gasteiger partial charge in [0.05, 0.1) is 0 Å². The lowest BCUT2D eigenvalue weighted by Crippen LogP contribution is -1.94. The van der Waals surface area contributed by atoms with Crippen molar-refractivity contribution in [2.24, 2.45) is 5.92 Å². The molecule has 0 aromatic rings. The van der Waals surface area contributed by atoms with Gasteiger partial charge in [-0.25, -0.2) is 0 Å². The fourth-order valence-electron chi connectivity index (χ4n) is 1.72. The zero-order valence-corrected chi connectivity index (χ0v) is 10.6. The largest absolute Gasteiger partial charge is 0.0859 e. The zero-order chi connectivity index (χ0) is 10.8. The normalized spacial score (nSPS) is 12.6. The third kappa shape index (κ3) is 9.83. The van der Waals surface area contributed by atoms with Crippen LogP contribution >= 0.6 is 0 Å². The summed E-state index contributed by atoms with van der Waals surface area (Å²) in [4.78, 5) is 0. The number of unbranched alkanes of at least 4 members (excludes halogenated alkanes) is 3. The van der Waals surface area contributed by atoms with E-state index in [1.54, 1.807) is 0 Å². The van der Waals surface area contributed by atoms with Gasteiger partial charge in [-0.15, -0.1) is 0 Å². The predicted molar refractivity (Wildman–Crippen MR) is 66.6 cm³/mol. The van der Waals surface area contributed by atoms with Crippen LogP contribution in [0.1, 0.15) is 72.6 Å². The quantitative estimate of drug-likeness (QED) is 0.363. The molecule has 0 aliphatic carbocycles. The molecule has 14 heavy (non-hydrogen) atoms. The van der Waals surface area contributed by atoms with Crippen LogP contribution in [-0.4, -0.2) is 0 Å². The van der Waals surface area contributed by atoms with E-state index in [0.29, 0.717) is 0 Å². The molecular formula is C14H28. The molecule has 0 nitrogen and oxygen atoms in total. The third-order valence-corrected chi connectivity index (χ3v) is 2.76. The Balaban J connectivity index is 3.28. The van der Waals surface area contributed by atoms with Gasteiger partial charge in [0, 0.05) is 0 Å². The zero-order valence-electron chi connectivity index (χ0n) is 10.6. The first-order valence-corrected chi connectivity index (χ1v) is 6.30. The van der Waals surface area contributed by atoms with Crippen molar-refractivity contribution in [1.29, 1.82) is 0 Å². The van der Waals surface area contributed by atoms with E-state index in [1.807, 2.05) is 0 Å². The van der Waals surface area contributed by atoms with Crippen molar-refractivity contribution in [3.63, 3.8) is 0 Å². The molecule has 0 fully saturated rings. The van der Waals surface area contributed by atoms with Crippen molar-refractivity contribution in [3.8, 4) is 0 Å². The van der Waals surface area contributed by atoms with Gasteiger partial charge in [0.1, 0.15) is 0 Å². The van der Waals surface area contributed by atoms with Crippen molar-refractivity contribution in [3.05, 3.63) is 11.6 Å². The Morgan fingerprint density at radius 3 is 2.36 bits per heavy atom. The standard InChI is InChI=1S/C14H28/c1-5-6-7-8-11-14(4)12-9-10-13(2)3/h10,14H,5-9,11-12H2,1-4H3. The highest BCUT2D eigenvalue weighted by molar-refractivity contribution is 4.92. The Kier molecular flexibility index (Phi) is 9.13. The first kappa shape index (κ1) is 13.7. The predicted octanol–water partition coefficient (Wildman–Crippen LogP) is 5.34. The highest BCUT2D eigenvalue weighted by Crippen LogP contribution is 2.16. The lowest BCUT2D eigenvalue weighted by molar-refractivity contribution is 0.463. The topological polar surface area (TPSA) is 0 Å². The van der Waals surface area contributed by atoms with Crippen LogP contribution < -0.4 is 0 Å². The second kappa shape index (κ2) is 9.30. The van der Waals surface area contributed by atoms with E-state index < -0.39 is 0 Å². The van der Waals surface area contributed by atoms with Crippen molar-refractivity contribution in [2.45, 2.75) is 72.6 Å². The molecule has 0 heterocycles. The summed E-state index contributed by atoms with van der Waals surface area (Å²) in [6.07, 6.45) is 12.1. The smallest absolute Gasteiger partial charge is 0.0346 e. The summed E-state index contributed by atoms with van der Waals surface area (Å²) < 4.78 is 0. The van der Waals surface area contributed by atoms with E-state index in [4.69, 9.17) is 0 Å². The molecule has 0 spiro atoms. The van der Waals surface area contributed by atoms with Crippen LogP contribution in [0.15, 0.2) is 11.6 Å². The number of allylic oxidation sites excluding steroid dienone is 2. The van der Waals surface area contributed by atoms with Gasteiger partial charge < -0.3 is 0 Å². The SMILES string of the molecule is CCCCCCC(C)CCC=C(C)C. The first-order chi connectivity index (χ1) is 6.66. The Morgan fingerprint density at radius 1 is 1.07 bits per heavy atom. The Morgan fingerprint density at radius 2 is 1.79 bits per heavy atom. The van der Waals surface area contributed by atoms with Gasteiger partial charge in [0.2, 0.25) is 0 Å². The van der Waals surface area contributed by atoms with Crippen LogP contribution in [0.5, 0.6) is 0 Å². The summed E-state index contributed by atoms with van der Waals surface area (Å²) in [6.45, 7) is 9.04. The monoisotopic (exact) mass is 196 g/mol. The Labute approximate surface area is 90.8 Å².